The summed E-state index contributed by atoms with van der Waals surface area (Å²) in [6.45, 7) is 11.3. The van der Waals surface area contributed by atoms with Crippen molar-refractivity contribution < 1.29 is 0 Å². The molecule has 0 aromatic carbocycles. The Morgan fingerprint density at radius 1 is 1.62 bits per heavy atom. The van der Waals surface area contributed by atoms with Crippen LogP contribution < -0.4 is 5.84 Å². The highest BCUT2D eigenvalue weighted by Gasteiger charge is 2.32. The molecule has 0 amide bonds. The largest absolute Gasteiger partial charge is 0.294 e. The van der Waals surface area contributed by atoms with Crippen molar-refractivity contribution in [2.24, 2.45) is 27.7 Å². The summed E-state index contributed by atoms with van der Waals surface area (Å²) in [4.78, 5) is 8.70. The van der Waals surface area contributed by atoms with Crippen LogP contribution in [0, 0.1) is 11.8 Å². The lowest BCUT2D eigenvalue weighted by molar-refractivity contribution is 0.468. The average molecular weight is 222 g/mol. The van der Waals surface area contributed by atoms with Crippen molar-refractivity contribution >= 4 is 11.5 Å². The van der Waals surface area contributed by atoms with E-state index in [1.807, 2.05) is 13.8 Å². The Morgan fingerprint density at radius 3 is 2.69 bits per heavy atom. The van der Waals surface area contributed by atoms with Crippen LogP contribution in [0.3, 0.4) is 0 Å². The van der Waals surface area contributed by atoms with Gasteiger partial charge in [-0.2, -0.15) is 0 Å². The van der Waals surface area contributed by atoms with Crippen LogP contribution in [0.1, 0.15) is 27.2 Å². The Labute approximate surface area is 97.9 Å². The van der Waals surface area contributed by atoms with E-state index in [4.69, 9.17) is 5.84 Å². The van der Waals surface area contributed by atoms with Crippen LogP contribution in [0.15, 0.2) is 22.8 Å². The van der Waals surface area contributed by atoms with Gasteiger partial charge in [-0.25, -0.2) is 5.84 Å². The maximum Gasteiger partial charge on any atom is 0.159 e. The topological polar surface area (TPSA) is 54.0 Å². The van der Waals surface area contributed by atoms with Crippen molar-refractivity contribution in [3.8, 4) is 0 Å². The van der Waals surface area contributed by atoms with Crippen LogP contribution >= 0.6 is 0 Å². The minimum atomic E-state index is 0.725. The van der Waals surface area contributed by atoms with Crippen LogP contribution in [0.5, 0.6) is 0 Å². The average Bonchev–Trinajstić information content (AvgIpc) is 2.95. The number of aliphatic imine (C=N–C) groups is 2. The van der Waals surface area contributed by atoms with E-state index in [1.54, 1.807) is 5.01 Å². The Morgan fingerprint density at radius 2 is 2.25 bits per heavy atom. The molecule has 0 saturated heterocycles. The van der Waals surface area contributed by atoms with E-state index in [2.05, 4.69) is 23.5 Å². The van der Waals surface area contributed by atoms with Gasteiger partial charge in [-0.05, 0) is 32.1 Å². The first kappa shape index (κ1) is 12.9. The van der Waals surface area contributed by atoms with Crippen LogP contribution in [0.4, 0.5) is 0 Å². The molecule has 2 unspecified atom stereocenters. The summed E-state index contributed by atoms with van der Waals surface area (Å²) in [5, 5.41) is 1.63. The third-order valence-corrected chi connectivity index (χ3v) is 2.97. The Balaban J connectivity index is 2.69. The first-order chi connectivity index (χ1) is 7.60. The fourth-order valence-electron chi connectivity index (χ4n) is 1.61. The zero-order chi connectivity index (χ0) is 12.1. The van der Waals surface area contributed by atoms with Gasteiger partial charge in [0.05, 0.1) is 5.71 Å². The van der Waals surface area contributed by atoms with Crippen LogP contribution in [0.25, 0.3) is 0 Å². The molecule has 2 atom stereocenters. The van der Waals surface area contributed by atoms with Crippen molar-refractivity contribution in [2.75, 3.05) is 13.1 Å². The second-order valence-electron chi connectivity index (χ2n) is 4.32. The summed E-state index contributed by atoms with van der Waals surface area (Å²) in [5.74, 6) is 8.20. The van der Waals surface area contributed by atoms with E-state index in [0.717, 1.165) is 36.5 Å². The monoisotopic (exact) mass is 222 g/mol. The molecular weight excluding hydrogens is 200 g/mol. The Kier molecular flexibility index (Phi) is 4.68. The molecule has 90 valence electrons. The van der Waals surface area contributed by atoms with Gasteiger partial charge in [-0.3, -0.25) is 15.0 Å². The van der Waals surface area contributed by atoms with Gasteiger partial charge in [0.15, 0.2) is 5.84 Å². The first-order valence-corrected chi connectivity index (χ1v) is 5.82. The smallest absolute Gasteiger partial charge is 0.159 e. The van der Waals surface area contributed by atoms with E-state index in [9.17, 15) is 0 Å². The van der Waals surface area contributed by atoms with E-state index >= 15 is 0 Å². The molecule has 1 aliphatic carbocycles. The fraction of sp³-hybridized carbons (Fsp3) is 0.667. The predicted octanol–water partition coefficient (Wildman–Crippen LogP) is 1.84. The number of nitrogens with zero attached hydrogens (tertiary/aromatic N) is 3. The molecule has 0 aliphatic heterocycles. The molecule has 0 radical (unpaired) electrons. The van der Waals surface area contributed by atoms with Gasteiger partial charge in [0.2, 0.25) is 0 Å². The molecule has 1 aliphatic rings. The van der Waals surface area contributed by atoms with E-state index in [1.165, 1.54) is 12.6 Å². The number of hydrazine groups is 1. The third-order valence-electron chi connectivity index (χ3n) is 2.97. The quantitative estimate of drug-likeness (QED) is 0.334. The maximum atomic E-state index is 5.88. The summed E-state index contributed by atoms with van der Waals surface area (Å²) in [6.07, 6.45) is 2.80. The lowest BCUT2D eigenvalue weighted by Crippen LogP contribution is -2.41. The van der Waals surface area contributed by atoms with Crippen molar-refractivity contribution in [3.63, 3.8) is 0 Å². The molecule has 0 heterocycles. The van der Waals surface area contributed by atoms with Crippen LogP contribution in [-0.4, -0.2) is 29.6 Å². The highest BCUT2D eigenvalue weighted by Crippen LogP contribution is 2.37. The van der Waals surface area contributed by atoms with Gasteiger partial charge in [0, 0.05) is 19.3 Å². The molecule has 0 aromatic rings. The fourth-order valence-corrected chi connectivity index (χ4v) is 1.61. The minimum Gasteiger partial charge on any atom is -0.294 e. The van der Waals surface area contributed by atoms with Crippen molar-refractivity contribution in [2.45, 2.75) is 27.2 Å². The molecule has 0 bridgehead atoms. The molecule has 4 nitrogen and oxygen atoms in total. The lowest BCUT2D eigenvalue weighted by Gasteiger charge is -2.18. The van der Waals surface area contributed by atoms with E-state index in [-0.39, 0.29) is 0 Å². The standard InChI is InChI=1S/C12H22N4/c1-5-14-10(4)12(16(13)6-2)15-8-11-7-9(11)3/h5,9,11H,1,6-8,13H2,2-4H3. The van der Waals surface area contributed by atoms with Crippen molar-refractivity contribution in [3.05, 3.63) is 12.8 Å². The molecule has 2 N–H and O–H groups in total. The molecule has 16 heavy (non-hydrogen) atoms. The normalized spacial score (nSPS) is 25.5. The number of rotatable bonds is 5. The van der Waals surface area contributed by atoms with E-state index in [0.29, 0.717) is 0 Å². The molecule has 0 aromatic heterocycles. The SMILES string of the molecule is C=CN=C(C)C(=NCC1CC1C)N(N)CC. The Hall–Kier alpha value is -1.16. The van der Waals surface area contributed by atoms with Gasteiger partial charge in [0.25, 0.3) is 0 Å². The van der Waals surface area contributed by atoms with Gasteiger partial charge < -0.3 is 0 Å². The van der Waals surface area contributed by atoms with Crippen LogP contribution in [-0.2, 0) is 0 Å². The number of hydrogen-bond donors (Lipinski definition) is 1. The highest BCUT2D eigenvalue weighted by molar-refractivity contribution is 6.40. The molecule has 1 saturated carbocycles. The number of hydrogen-bond acceptors (Lipinski definition) is 3. The lowest BCUT2D eigenvalue weighted by atomic mass is 10.3. The van der Waals surface area contributed by atoms with Gasteiger partial charge in [-0.1, -0.05) is 13.5 Å². The molecular formula is C12H22N4. The highest BCUT2D eigenvalue weighted by atomic mass is 15.4. The third kappa shape index (κ3) is 3.45. The molecule has 0 spiro atoms. The zero-order valence-electron chi connectivity index (χ0n) is 10.5. The van der Waals surface area contributed by atoms with Gasteiger partial charge in [0.1, 0.15) is 0 Å². The van der Waals surface area contributed by atoms with Gasteiger partial charge in [-0.15, -0.1) is 0 Å². The van der Waals surface area contributed by atoms with Gasteiger partial charge >= 0.3 is 0 Å². The predicted molar refractivity (Wildman–Crippen MR) is 69.4 cm³/mol. The minimum absolute atomic E-state index is 0.725. The summed E-state index contributed by atoms with van der Waals surface area (Å²) < 4.78 is 0. The van der Waals surface area contributed by atoms with Crippen molar-refractivity contribution in [1.29, 1.82) is 0 Å². The molecule has 4 heteroatoms. The maximum absolute atomic E-state index is 5.88. The summed E-state index contributed by atoms with van der Waals surface area (Å²) in [7, 11) is 0. The summed E-state index contributed by atoms with van der Waals surface area (Å²) in [5.41, 5.74) is 0.827. The Bertz CT molecular complexity index is 306. The van der Waals surface area contributed by atoms with Crippen molar-refractivity contribution in [1.82, 2.24) is 5.01 Å². The van der Waals surface area contributed by atoms with E-state index < -0.39 is 0 Å². The molecule has 1 rings (SSSR count). The number of nitrogens with two attached hydrogens (primary N) is 1. The van der Waals surface area contributed by atoms with Crippen LogP contribution in [0.2, 0.25) is 0 Å². The summed E-state index contributed by atoms with van der Waals surface area (Å²) >= 11 is 0. The first-order valence-electron chi connectivity index (χ1n) is 5.82. The second kappa shape index (κ2) is 5.80. The summed E-state index contributed by atoms with van der Waals surface area (Å²) in [6, 6.07) is 0. The zero-order valence-corrected chi connectivity index (χ0v) is 10.5. The second-order valence-corrected chi connectivity index (χ2v) is 4.32. The molecule has 1 fully saturated rings. The number of amidine groups is 1.